The quantitative estimate of drug-likeness (QED) is 0.332. The Kier molecular flexibility index (Phi) is 7.27. The third kappa shape index (κ3) is 6.32. The molecule has 13 heavy (non-hydrogen) atoms. The van der Waals surface area contributed by atoms with Crippen LogP contribution in [0.5, 0.6) is 0 Å². The van der Waals surface area contributed by atoms with Gasteiger partial charge in [0.15, 0.2) is 5.78 Å². The number of carbonyl (C=O) groups excluding carboxylic acids is 1. The second kappa shape index (κ2) is 7.78. The molecule has 0 aliphatic heterocycles. The van der Waals surface area contributed by atoms with E-state index in [9.17, 15) is 4.79 Å². The SMILES string of the molecule is C=CCCCC(=O)C=C(CC)CC. The van der Waals surface area contributed by atoms with E-state index in [-0.39, 0.29) is 5.78 Å². The molecule has 0 fully saturated rings. The Balaban J connectivity index is 3.82. The molecule has 0 aliphatic rings. The molecule has 0 atom stereocenters. The number of rotatable bonds is 7. The number of allylic oxidation sites excluding steroid dienone is 3. The van der Waals surface area contributed by atoms with Crippen molar-refractivity contribution in [3.05, 3.63) is 24.3 Å². The summed E-state index contributed by atoms with van der Waals surface area (Å²) in [6.45, 7) is 7.80. The average Bonchev–Trinajstić information content (AvgIpc) is 2.14. The fourth-order valence-electron chi connectivity index (χ4n) is 1.17. The van der Waals surface area contributed by atoms with Crippen LogP contribution in [0.15, 0.2) is 24.3 Å². The molecule has 0 unspecified atom stereocenters. The Bertz CT molecular complexity index is 183. The summed E-state index contributed by atoms with van der Waals surface area (Å²) >= 11 is 0. The lowest BCUT2D eigenvalue weighted by molar-refractivity contribution is -0.114. The molecule has 0 radical (unpaired) electrons. The lowest BCUT2D eigenvalue weighted by Crippen LogP contribution is -1.94. The Hall–Kier alpha value is -0.850. The maximum absolute atomic E-state index is 11.3. The lowest BCUT2D eigenvalue weighted by Gasteiger charge is -1.99. The summed E-state index contributed by atoms with van der Waals surface area (Å²) in [6.07, 6.45) is 8.18. The first-order valence-corrected chi connectivity index (χ1v) is 5.07. The van der Waals surface area contributed by atoms with Crippen LogP contribution in [-0.2, 0) is 4.79 Å². The van der Waals surface area contributed by atoms with E-state index in [1.54, 1.807) is 0 Å². The van der Waals surface area contributed by atoms with Crippen molar-refractivity contribution in [1.29, 1.82) is 0 Å². The van der Waals surface area contributed by atoms with E-state index in [0.717, 1.165) is 25.7 Å². The minimum atomic E-state index is 0.264. The predicted octanol–water partition coefficient (Wildman–Crippen LogP) is 3.66. The lowest BCUT2D eigenvalue weighted by atomic mass is 10.1. The molecule has 0 aliphatic carbocycles. The number of ketones is 1. The maximum Gasteiger partial charge on any atom is 0.155 e. The van der Waals surface area contributed by atoms with Crippen molar-refractivity contribution in [1.82, 2.24) is 0 Å². The van der Waals surface area contributed by atoms with Crippen molar-refractivity contribution in [3.8, 4) is 0 Å². The largest absolute Gasteiger partial charge is 0.295 e. The van der Waals surface area contributed by atoms with Gasteiger partial charge < -0.3 is 0 Å². The highest BCUT2D eigenvalue weighted by Crippen LogP contribution is 2.07. The molecule has 0 N–H and O–H groups in total. The second-order valence-electron chi connectivity index (χ2n) is 3.16. The normalized spacial score (nSPS) is 9.38. The van der Waals surface area contributed by atoms with Crippen molar-refractivity contribution in [2.75, 3.05) is 0 Å². The molecule has 0 aromatic carbocycles. The van der Waals surface area contributed by atoms with Gasteiger partial charge in [0.05, 0.1) is 0 Å². The minimum Gasteiger partial charge on any atom is -0.295 e. The van der Waals surface area contributed by atoms with Gasteiger partial charge in [-0.1, -0.05) is 25.5 Å². The van der Waals surface area contributed by atoms with E-state index in [1.165, 1.54) is 5.57 Å². The van der Waals surface area contributed by atoms with Crippen LogP contribution in [0, 0.1) is 0 Å². The molecule has 0 amide bonds. The molecule has 0 saturated heterocycles. The molecule has 74 valence electrons. The Labute approximate surface area is 81.5 Å². The standard InChI is InChI=1S/C12H20O/c1-4-7-8-9-12(13)10-11(5-2)6-3/h4,10H,1,5-9H2,2-3H3. The van der Waals surface area contributed by atoms with Gasteiger partial charge in [0.2, 0.25) is 0 Å². The van der Waals surface area contributed by atoms with Crippen molar-refractivity contribution < 1.29 is 4.79 Å². The van der Waals surface area contributed by atoms with Crippen LogP contribution >= 0.6 is 0 Å². The molecule has 0 rings (SSSR count). The van der Waals surface area contributed by atoms with E-state index in [2.05, 4.69) is 20.4 Å². The van der Waals surface area contributed by atoms with Gasteiger partial charge in [0.25, 0.3) is 0 Å². The maximum atomic E-state index is 11.3. The third-order valence-electron chi connectivity index (χ3n) is 2.10. The van der Waals surface area contributed by atoms with E-state index in [1.807, 2.05) is 12.2 Å². The van der Waals surface area contributed by atoms with Gasteiger partial charge in [-0.2, -0.15) is 0 Å². The molecule has 0 heterocycles. The molecule has 0 bridgehead atoms. The van der Waals surface area contributed by atoms with Crippen molar-refractivity contribution in [2.24, 2.45) is 0 Å². The zero-order valence-corrected chi connectivity index (χ0v) is 8.81. The molecular weight excluding hydrogens is 160 g/mol. The zero-order valence-electron chi connectivity index (χ0n) is 8.81. The Morgan fingerprint density at radius 2 is 1.92 bits per heavy atom. The van der Waals surface area contributed by atoms with E-state index >= 15 is 0 Å². The van der Waals surface area contributed by atoms with Crippen molar-refractivity contribution in [2.45, 2.75) is 46.0 Å². The van der Waals surface area contributed by atoms with Crippen LogP contribution in [0.2, 0.25) is 0 Å². The summed E-state index contributed by atoms with van der Waals surface area (Å²) in [6, 6.07) is 0. The van der Waals surface area contributed by atoms with Gasteiger partial charge in [-0.15, -0.1) is 6.58 Å². The summed E-state index contributed by atoms with van der Waals surface area (Å²) in [5.41, 5.74) is 1.25. The second-order valence-corrected chi connectivity index (χ2v) is 3.16. The van der Waals surface area contributed by atoms with E-state index < -0.39 is 0 Å². The number of hydrogen-bond donors (Lipinski definition) is 0. The third-order valence-corrected chi connectivity index (χ3v) is 2.10. The van der Waals surface area contributed by atoms with Crippen LogP contribution in [-0.4, -0.2) is 5.78 Å². The van der Waals surface area contributed by atoms with Crippen LogP contribution < -0.4 is 0 Å². The average molecular weight is 180 g/mol. The van der Waals surface area contributed by atoms with E-state index in [0.29, 0.717) is 6.42 Å². The molecule has 1 heteroatoms. The highest BCUT2D eigenvalue weighted by molar-refractivity contribution is 5.90. The molecule has 0 spiro atoms. The molecule has 0 aromatic heterocycles. The van der Waals surface area contributed by atoms with Crippen LogP contribution in [0.3, 0.4) is 0 Å². The Morgan fingerprint density at radius 1 is 1.31 bits per heavy atom. The fraction of sp³-hybridized carbons (Fsp3) is 0.583. The fourth-order valence-corrected chi connectivity index (χ4v) is 1.17. The summed E-state index contributed by atoms with van der Waals surface area (Å²) in [7, 11) is 0. The highest BCUT2D eigenvalue weighted by atomic mass is 16.1. The van der Waals surface area contributed by atoms with Gasteiger partial charge in [-0.05, 0) is 31.8 Å². The smallest absolute Gasteiger partial charge is 0.155 e. The molecule has 0 saturated carbocycles. The van der Waals surface area contributed by atoms with Crippen LogP contribution in [0.1, 0.15) is 46.0 Å². The van der Waals surface area contributed by atoms with Crippen LogP contribution in [0.25, 0.3) is 0 Å². The minimum absolute atomic E-state index is 0.264. The summed E-state index contributed by atoms with van der Waals surface area (Å²) < 4.78 is 0. The van der Waals surface area contributed by atoms with Crippen molar-refractivity contribution >= 4 is 5.78 Å². The first-order chi connectivity index (χ1) is 6.24. The predicted molar refractivity (Wildman–Crippen MR) is 57.7 cm³/mol. The summed E-state index contributed by atoms with van der Waals surface area (Å²) in [4.78, 5) is 11.3. The van der Waals surface area contributed by atoms with Gasteiger partial charge in [-0.25, -0.2) is 0 Å². The topological polar surface area (TPSA) is 17.1 Å². The molecular formula is C12H20O. The number of carbonyl (C=O) groups is 1. The van der Waals surface area contributed by atoms with E-state index in [4.69, 9.17) is 0 Å². The molecule has 1 nitrogen and oxygen atoms in total. The first kappa shape index (κ1) is 12.2. The van der Waals surface area contributed by atoms with Crippen LogP contribution in [0.4, 0.5) is 0 Å². The van der Waals surface area contributed by atoms with Gasteiger partial charge in [-0.3, -0.25) is 4.79 Å². The van der Waals surface area contributed by atoms with Gasteiger partial charge in [0, 0.05) is 6.42 Å². The monoisotopic (exact) mass is 180 g/mol. The van der Waals surface area contributed by atoms with Gasteiger partial charge >= 0.3 is 0 Å². The van der Waals surface area contributed by atoms with Crippen molar-refractivity contribution in [3.63, 3.8) is 0 Å². The zero-order chi connectivity index (χ0) is 10.1. The first-order valence-electron chi connectivity index (χ1n) is 5.07. The Morgan fingerprint density at radius 3 is 2.38 bits per heavy atom. The number of hydrogen-bond acceptors (Lipinski definition) is 1. The summed E-state index contributed by atoms with van der Waals surface area (Å²) in [5, 5.41) is 0. The molecule has 0 aromatic rings. The van der Waals surface area contributed by atoms with Gasteiger partial charge in [0.1, 0.15) is 0 Å². The highest BCUT2D eigenvalue weighted by Gasteiger charge is 1.98. The summed E-state index contributed by atoms with van der Waals surface area (Å²) in [5.74, 6) is 0.264. The number of unbranched alkanes of at least 4 members (excludes halogenated alkanes) is 1.